The van der Waals surface area contributed by atoms with E-state index in [-0.39, 0.29) is 23.9 Å². The van der Waals surface area contributed by atoms with Crippen molar-refractivity contribution in [3.8, 4) is 0 Å². The molecule has 6 heteroatoms. The fraction of sp³-hybridized carbons (Fsp3) is 0.455. The van der Waals surface area contributed by atoms with Crippen molar-refractivity contribution in [2.45, 2.75) is 13.8 Å². The van der Waals surface area contributed by atoms with E-state index >= 15 is 0 Å². The first kappa shape index (κ1) is 13.9. The predicted octanol–water partition coefficient (Wildman–Crippen LogP) is 1.62. The summed E-state index contributed by atoms with van der Waals surface area (Å²) in [4.78, 5) is 15.2. The van der Waals surface area contributed by atoms with Gasteiger partial charge in [-0.1, -0.05) is 25.4 Å². The van der Waals surface area contributed by atoms with Gasteiger partial charge in [-0.15, -0.1) is 0 Å². The highest BCUT2D eigenvalue weighted by Gasteiger charge is 2.19. The average molecular weight is 261 g/mol. The van der Waals surface area contributed by atoms with E-state index in [4.69, 9.17) is 16.7 Å². The van der Waals surface area contributed by atoms with Gasteiger partial charge in [-0.05, 0) is 6.07 Å². The molecule has 0 fully saturated rings. The number of hydrogen-bond donors (Lipinski definition) is 2. The van der Waals surface area contributed by atoms with Crippen LogP contribution in [-0.2, 0) is 0 Å². The van der Waals surface area contributed by atoms with Gasteiger partial charge in [0.2, 0.25) is 0 Å². The summed E-state index contributed by atoms with van der Waals surface area (Å²) >= 11 is 5.69. The van der Waals surface area contributed by atoms with Crippen LogP contribution >= 0.6 is 11.6 Å². The Labute approximate surface area is 104 Å². The number of amides is 1. The van der Waals surface area contributed by atoms with Crippen molar-refractivity contribution in [2.24, 2.45) is 5.41 Å². The molecular weight excluding hydrogens is 247 g/mol. The molecule has 0 radical (unpaired) electrons. The summed E-state index contributed by atoms with van der Waals surface area (Å²) < 4.78 is 12.9. The minimum absolute atomic E-state index is 0.0135. The summed E-state index contributed by atoms with van der Waals surface area (Å²) in [5.41, 5.74) is -0.455. The number of aliphatic hydroxyl groups excluding tert-OH is 1. The third-order valence-corrected chi connectivity index (χ3v) is 2.51. The Hall–Kier alpha value is -1.20. The maximum atomic E-state index is 12.9. The van der Waals surface area contributed by atoms with Crippen molar-refractivity contribution in [3.05, 3.63) is 28.8 Å². The lowest BCUT2D eigenvalue weighted by Gasteiger charge is -2.21. The Balaban J connectivity index is 2.74. The number of carbonyl (C=O) groups is 1. The second kappa shape index (κ2) is 5.42. The van der Waals surface area contributed by atoms with Gasteiger partial charge in [-0.3, -0.25) is 4.79 Å². The minimum Gasteiger partial charge on any atom is -0.396 e. The third-order valence-electron chi connectivity index (χ3n) is 2.21. The molecule has 0 aliphatic carbocycles. The monoisotopic (exact) mass is 260 g/mol. The lowest BCUT2D eigenvalue weighted by atomic mass is 9.95. The smallest absolute Gasteiger partial charge is 0.254 e. The summed E-state index contributed by atoms with van der Waals surface area (Å²) in [6.45, 7) is 3.77. The van der Waals surface area contributed by atoms with Gasteiger partial charge in [0.15, 0.2) is 0 Å². The molecule has 1 heterocycles. The van der Waals surface area contributed by atoms with Gasteiger partial charge in [0, 0.05) is 18.6 Å². The van der Waals surface area contributed by atoms with E-state index < -0.39 is 17.1 Å². The average Bonchev–Trinajstić information content (AvgIpc) is 2.29. The van der Waals surface area contributed by atoms with Crippen molar-refractivity contribution >= 4 is 17.5 Å². The number of rotatable bonds is 4. The zero-order valence-corrected chi connectivity index (χ0v) is 10.4. The molecule has 1 aromatic rings. The second-order valence-electron chi connectivity index (χ2n) is 4.50. The van der Waals surface area contributed by atoms with Gasteiger partial charge >= 0.3 is 0 Å². The van der Waals surface area contributed by atoms with Crippen LogP contribution in [-0.4, -0.2) is 29.1 Å². The molecule has 1 amide bonds. The summed E-state index contributed by atoms with van der Waals surface area (Å²) in [6.07, 6.45) is 0.941. The quantitative estimate of drug-likeness (QED) is 0.809. The van der Waals surface area contributed by atoms with Crippen LogP contribution in [0.25, 0.3) is 0 Å². The second-order valence-corrected chi connectivity index (χ2v) is 4.85. The number of hydrogen-bond acceptors (Lipinski definition) is 3. The van der Waals surface area contributed by atoms with Crippen LogP contribution in [0.15, 0.2) is 12.3 Å². The van der Waals surface area contributed by atoms with Gasteiger partial charge in [0.25, 0.3) is 5.91 Å². The van der Waals surface area contributed by atoms with E-state index in [0.717, 1.165) is 12.3 Å². The molecule has 0 bridgehead atoms. The van der Waals surface area contributed by atoms with E-state index in [0.29, 0.717) is 0 Å². The normalized spacial score (nSPS) is 11.4. The zero-order chi connectivity index (χ0) is 13.1. The van der Waals surface area contributed by atoms with E-state index in [9.17, 15) is 9.18 Å². The Bertz CT molecular complexity index is 424. The van der Waals surface area contributed by atoms with E-state index in [2.05, 4.69) is 10.3 Å². The summed E-state index contributed by atoms with van der Waals surface area (Å²) in [5, 5.41) is 11.5. The Morgan fingerprint density at radius 3 is 2.88 bits per heavy atom. The summed E-state index contributed by atoms with van der Waals surface area (Å²) in [7, 11) is 0. The lowest BCUT2D eigenvalue weighted by Crippen LogP contribution is -2.36. The number of carbonyl (C=O) groups excluding carboxylic acids is 1. The molecule has 94 valence electrons. The van der Waals surface area contributed by atoms with E-state index in [1.165, 1.54) is 0 Å². The molecule has 0 unspecified atom stereocenters. The molecule has 0 saturated carbocycles. The van der Waals surface area contributed by atoms with Gasteiger partial charge < -0.3 is 10.4 Å². The minimum atomic E-state index is -0.624. The van der Waals surface area contributed by atoms with Crippen LogP contribution in [0.4, 0.5) is 4.39 Å². The number of nitrogens with zero attached hydrogens (tertiary/aromatic N) is 1. The van der Waals surface area contributed by atoms with Crippen molar-refractivity contribution < 1.29 is 14.3 Å². The predicted molar refractivity (Wildman–Crippen MR) is 62.4 cm³/mol. The maximum Gasteiger partial charge on any atom is 0.254 e. The number of pyridine rings is 1. The number of aliphatic hydroxyl groups is 1. The molecule has 0 aromatic carbocycles. The molecule has 1 rings (SSSR count). The van der Waals surface area contributed by atoms with Crippen molar-refractivity contribution in [3.63, 3.8) is 0 Å². The lowest BCUT2D eigenvalue weighted by molar-refractivity contribution is 0.0910. The molecule has 17 heavy (non-hydrogen) atoms. The molecule has 4 nitrogen and oxygen atoms in total. The van der Waals surface area contributed by atoms with Crippen LogP contribution in [0.2, 0.25) is 5.15 Å². The van der Waals surface area contributed by atoms with Crippen molar-refractivity contribution in [1.82, 2.24) is 10.3 Å². The van der Waals surface area contributed by atoms with Gasteiger partial charge in [0.1, 0.15) is 11.0 Å². The SMILES string of the molecule is CC(C)(CO)CNC(=O)c1cc(F)cnc1Cl. The first-order valence-electron chi connectivity index (χ1n) is 5.06. The molecule has 0 spiro atoms. The van der Waals surface area contributed by atoms with Gasteiger partial charge in [0.05, 0.1) is 11.8 Å². The van der Waals surface area contributed by atoms with Crippen LogP contribution in [0.3, 0.4) is 0 Å². The third kappa shape index (κ3) is 3.94. The van der Waals surface area contributed by atoms with E-state index in [1.54, 1.807) is 13.8 Å². The van der Waals surface area contributed by atoms with Crippen LogP contribution < -0.4 is 5.32 Å². The summed E-state index contributed by atoms with van der Waals surface area (Å²) in [5.74, 6) is -1.13. The van der Waals surface area contributed by atoms with Gasteiger partial charge in [-0.2, -0.15) is 0 Å². The molecular formula is C11H14ClFN2O2. The first-order chi connectivity index (χ1) is 7.85. The van der Waals surface area contributed by atoms with Crippen molar-refractivity contribution in [2.75, 3.05) is 13.2 Å². The molecule has 0 aliphatic rings. The van der Waals surface area contributed by atoms with Crippen LogP contribution in [0, 0.1) is 11.2 Å². The Kier molecular flexibility index (Phi) is 4.42. The molecule has 0 atom stereocenters. The number of nitrogens with one attached hydrogen (secondary N) is 1. The molecule has 0 aliphatic heterocycles. The van der Waals surface area contributed by atoms with E-state index in [1.807, 2.05) is 0 Å². The van der Waals surface area contributed by atoms with Gasteiger partial charge in [-0.25, -0.2) is 9.37 Å². The zero-order valence-electron chi connectivity index (χ0n) is 9.63. The largest absolute Gasteiger partial charge is 0.396 e. The van der Waals surface area contributed by atoms with Crippen LogP contribution in [0.5, 0.6) is 0 Å². The molecule has 1 aromatic heterocycles. The van der Waals surface area contributed by atoms with Crippen LogP contribution in [0.1, 0.15) is 24.2 Å². The fourth-order valence-corrected chi connectivity index (χ4v) is 1.24. The topological polar surface area (TPSA) is 62.2 Å². The van der Waals surface area contributed by atoms with Crippen molar-refractivity contribution in [1.29, 1.82) is 0 Å². The Morgan fingerprint density at radius 1 is 1.65 bits per heavy atom. The first-order valence-corrected chi connectivity index (χ1v) is 5.43. The Morgan fingerprint density at radius 2 is 2.29 bits per heavy atom. The fourth-order valence-electron chi connectivity index (χ4n) is 1.05. The number of aromatic nitrogens is 1. The molecule has 0 saturated heterocycles. The maximum absolute atomic E-state index is 12.9. The summed E-state index contributed by atoms with van der Waals surface area (Å²) in [6, 6.07) is 1.02. The molecule has 2 N–H and O–H groups in total. The standard InChI is InChI=1S/C11H14ClFN2O2/c1-11(2,6-16)5-15-10(17)8-3-7(13)4-14-9(8)12/h3-4,16H,5-6H2,1-2H3,(H,15,17). The highest BCUT2D eigenvalue weighted by atomic mass is 35.5. The highest BCUT2D eigenvalue weighted by Crippen LogP contribution is 2.15. The number of halogens is 2. The highest BCUT2D eigenvalue weighted by molar-refractivity contribution is 6.32.